The quantitative estimate of drug-likeness (QED) is 0.834. The highest BCUT2D eigenvalue weighted by Gasteiger charge is 2.25. The van der Waals surface area contributed by atoms with Crippen molar-refractivity contribution >= 4 is 5.91 Å². The van der Waals surface area contributed by atoms with Crippen molar-refractivity contribution < 1.29 is 9.53 Å². The molecule has 92 valence electrons. The van der Waals surface area contributed by atoms with Gasteiger partial charge in [-0.3, -0.25) is 4.79 Å². The average molecular weight is 234 g/mol. The van der Waals surface area contributed by atoms with Crippen LogP contribution in [-0.4, -0.2) is 43.7 Å². The van der Waals surface area contributed by atoms with Crippen LogP contribution in [0.1, 0.15) is 5.56 Å². The second-order valence-electron chi connectivity index (χ2n) is 4.16. The number of ether oxygens (including phenoxy) is 1. The SMILES string of the molecule is CNC1COCCN(Cc2ccccc2)C1=O. The smallest absolute Gasteiger partial charge is 0.242 e. The van der Waals surface area contributed by atoms with Gasteiger partial charge in [-0.1, -0.05) is 30.3 Å². The normalized spacial score (nSPS) is 21.4. The summed E-state index contributed by atoms with van der Waals surface area (Å²) in [6, 6.07) is 9.81. The van der Waals surface area contributed by atoms with Crippen LogP contribution in [0.15, 0.2) is 30.3 Å². The molecule has 0 radical (unpaired) electrons. The standard InChI is InChI=1S/C13H18N2O2/c1-14-12-10-17-8-7-15(13(12)16)9-11-5-3-2-4-6-11/h2-6,12,14H,7-10H2,1H3. The summed E-state index contributed by atoms with van der Waals surface area (Å²) >= 11 is 0. The van der Waals surface area contributed by atoms with Gasteiger partial charge in [0.15, 0.2) is 0 Å². The Morgan fingerprint density at radius 2 is 2.18 bits per heavy atom. The van der Waals surface area contributed by atoms with Crippen LogP contribution in [0.25, 0.3) is 0 Å². The summed E-state index contributed by atoms with van der Waals surface area (Å²) in [5, 5.41) is 2.99. The lowest BCUT2D eigenvalue weighted by atomic mass is 10.2. The molecular weight excluding hydrogens is 216 g/mol. The highest BCUT2D eigenvalue weighted by molar-refractivity contribution is 5.82. The van der Waals surface area contributed by atoms with Gasteiger partial charge in [-0.05, 0) is 12.6 Å². The molecule has 0 aliphatic carbocycles. The number of nitrogens with zero attached hydrogens (tertiary/aromatic N) is 1. The Hall–Kier alpha value is -1.39. The lowest BCUT2D eigenvalue weighted by Gasteiger charge is -2.23. The summed E-state index contributed by atoms with van der Waals surface area (Å²) in [5.41, 5.74) is 1.15. The zero-order valence-electron chi connectivity index (χ0n) is 10.1. The molecule has 1 aliphatic rings. The van der Waals surface area contributed by atoms with Crippen molar-refractivity contribution in [2.24, 2.45) is 0 Å². The van der Waals surface area contributed by atoms with Crippen LogP contribution in [-0.2, 0) is 16.1 Å². The van der Waals surface area contributed by atoms with Crippen molar-refractivity contribution in [3.05, 3.63) is 35.9 Å². The summed E-state index contributed by atoms with van der Waals surface area (Å²) in [7, 11) is 1.79. The van der Waals surface area contributed by atoms with E-state index in [1.165, 1.54) is 0 Å². The fraction of sp³-hybridized carbons (Fsp3) is 0.462. The van der Waals surface area contributed by atoms with E-state index < -0.39 is 0 Å². The Kier molecular flexibility index (Phi) is 4.12. The molecule has 4 nitrogen and oxygen atoms in total. The number of nitrogens with one attached hydrogen (secondary N) is 1. The molecular formula is C13H18N2O2. The first-order chi connectivity index (χ1) is 8.31. The minimum Gasteiger partial charge on any atom is -0.377 e. The fourth-order valence-electron chi connectivity index (χ4n) is 1.95. The number of carbonyl (C=O) groups is 1. The van der Waals surface area contributed by atoms with Gasteiger partial charge in [0.1, 0.15) is 6.04 Å². The van der Waals surface area contributed by atoms with Gasteiger partial charge in [0.25, 0.3) is 0 Å². The van der Waals surface area contributed by atoms with E-state index in [0.717, 1.165) is 5.56 Å². The topological polar surface area (TPSA) is 41.6 Å². The summed E-state index contributed by atoms with van der Waals surface area (Å²) in [6.07, 6.45) is 0. The van der Waals surface area contributed by atoms with E-state index in [2.05, 4.69) is 5.32 Å². The van der Waals surface area contributed by atoms with E-state index in [1.54, 1.807) is 7.05 Å². The molecule has 1 saturated heterocycles. The van der Waals surface area contributed by atoms with Crippen molar-refractivity contribution in [3.8, 4) is 0 Å². The Bertz CT molecular complexity index is 367. The third-order valence-corrected chi connectivity index (χ3v) is 2.96. The molecule has 0 aromatic heterocycles. The van der Waals surface area contributed by atoms with Crippen LogP contribution in [0.5, 0.6) is 0 Å². The van der Waals surface area contributed by atoms with E-state index in [0.29, 0.717) is 26.3 Å². The third kappa shape index (κ3) is 3.05. The lowest BCUT2D eigenvalue weighted by Crippen LogP contribution is -2.45. The molecule has 0 saturated carbocycles. The Morgan fingerprint density at radius 3 is 2.88 bits per heavy atom. The zero-order valence-corrected chi connectivity index (χ0v) is 10.1. The Morgan fingerprint density at radius 1 is 1.41 bits per heavy atom. The molecule has 1 unspecified atom stereocenters. The maximum atomic E-state index is 12.2. The molecule has 1 heterocycles. The first-order valence-electron chi connectivity index (χ1n) is 5.89. The Balaban J connectivity index is 2.06. The average Bonchev–Trinajstić information content (AvgIpc) is 2.54. The zero-order chi connectivity index (χ0) is 12.1. The van der Waals surface area contributed by atoms with Crippen molar-refractivity contribution in [2.45, 2.75) is 12.6 Å². The first kappa shape index (κ1) is 12.1. The number of hydrogen-bond donors (Lipinski definition) is 1. The second kappa shape index (κ2) is 5.80. The highest BCUT2D eigenvalue weighted by Crippen LogP contribution is 2.08. The summed E-state index contributed by atoms with van der Waals surface area (Å²) < 4.78 is 5.41. The first-order valence-corrected chi connectivity index (χ1v) is 5.89. The van der Waals surface area contributed by atoms with Crippen molar-refractivity contribution in [2.75, 3.05) is 26.8 Å². The molecule has 1 aliphatic heterocycles. The largest absolute Gasteiger partial charge is 0.377 e. The van der Waals surface area contributed by atoms with Gasteiger partial charge in [-0.15, -0.1) is 0 Å². The summed E-state index contributed by atoms with van der Waals surface area (Å²) in [4.78, 5) is 14.0. The van der Waals surface area contributed by atoms with Crippen molar-refractivity contribution in [1.29, 1.82) is 0 Å². The number of rotatable bonds is 3. The van der Waals surface area contributed by atoms with Crippen LogP contribution in [0.3, 0.4) is 0 Å². The predicted octanol–water partition coefficient (Wildman–Crippen LogP) is 0.633. The lowest BCUT2D eigenvalue weighted by molar-refractivity contribution is -0.133. The van der Waals surface area contributed by atoms with Gasteiger partial charge >= 0.3 is 0 Å². The molecule has 1 aromatic rings. The number of benzene rings is 1. The fourth-order valence-corrected chi connectivity index (χ4v) is 1.95. The van der Waals surface area contributed by atoms with E-state index in [4.69, 9.17) is 4.74 Å². The number of likely N-dealkylation sites (N-methyl/N-ethyl adjacent to an activating group) is 1. The summed E-state index contributed by atoms with van der Waals surface area (Å²) in [6.45, 7) is 2.38. The van der Waals surface area contributed by atoms with E-state index >= 15 is 0 Å². The van der Waals surface area contributed by atoms with Gasteiger partial charge in [0, 0.05) is 13.1 Å². The van der Waals surface area contributed by atoms with Crippen molar-refractivity contribution in [1.82, 2.24) is 10.2 Å². The molecule has 1 aromatic carbocycles. The molecule has 1 fully saturated rings. The van der Waals surface area contributed by atoms with E-state index in [1.807, 2.05) is 35.2 Å². The third-order valence-electron chi connectivity index (χ3n) is 2.96. The van der Waals surface area contributed by atoms with Gasteiger partial charge in [0.2, 0.25) is 5.91 Å². The highest BCUT2D eigenvalue weighted by atomic mass is 16.5. The molecule has 4 heteroatoms. The number of hydrogen-bond acceptors (Lipinski definition) is 3. The Labute approximate surface area is 102 Å². The maximum absolute atomic E-state index is 12.2. The minimum atomic E-state index is -0.221. The van der Waals surface area contributed by atoms with E-state index in [9.17, 15) is 4.79 Å². The number of carbonyl (C=O) groups excluding carboxylic acids is 1. The molecule has 1 atom stereocenters. The molecule has 0 bridgehead atoms. The molecule has 1 N–H and O–H groups in total. The number of amides is 1. The predicted molar refractivity (Wildman–Crippen MR) is 65.5 cm³/mol. The van der Waals surface area contributed by atoms with Crippen LogP contribution in [0, 0.1) is 0 Å². The van der Waals surface area contributed by atoms with Crippen LogP contribution >= 0.6 is 0 Å². The second-order valence-corrected chi connectivity index (χ2v) is 4.16. The van der Waals surface area contributed by atoms with Crippen LogP contribution < -0.4 is 5.32 Å². The molecule has 0 spiro atoms. The van der Waals surface area contributed by atoms with Gasteiger partial charge in [-0.25, -0.2) is 0 Å². The van der Waals surface area contributed by atoms with Gasteiger partial charge in [-0.2, -0.15) is 0 Å². The maximum Gasteiger partial charge on any atom is 0.242 e. The van der Waals surface area contributed by atoms with Gasteiger partial charge in [0.05, 0.1) is 13.2 Å². The van der Waals surface area contributed by atoms with Gasteiger partial charge < -0.3 is 15.0 Å². The monoisotopic (exact) mass is 234 g/mol. The summed E-state index contributed by atoms with van der Waals surface area (Å²) in [5.74, 6) is 0.119. The molecule has 17 heavy (non-hydrogen) atoms. The van der Waals surface area contributed by atoms with Crippen LogP contribution in [0.2, 0.25) is 0 Å². The molecule has 1 amide bonds. The molecule has 2 rings (SSSR count). The minimum absolute atomic E-state index is 0.119. The van der Waals surface area contributed by atoms with Crippen LogP contribution in [0.4, 0.5) is 0 Å². The van der Waals surface area contributed by atoms with E-state index in [-0.39, 0.29) is 11.9 Å². The van der Waals surface area contributed by atoms with Crippen molar-refractivity contribution in [3.63, 3.8) is 0 Å².